The molecular formula is C12H22N2O4S. The summed E-state index contributed by atoms with van der Waals surface area (Å²) in [6.07, 6.45) is 4.93. The van der Waals surface area contributed by atoms with Crippen LogP contribution in [0.1, 0.15) is 25.7 Å². The van der Waals surface area contributed by atoms with Gasteiger partial charge in [0.1, 0.15) is 0 Å². The van der Waals surface area contributed by atoms with Crippen LogP contribution in [0.3, 0.4) is 0 Å². The van der Waals surface area contributed by atoms with E-state index in [-0.39, 0.29) is 18.6 Å². The highest BCUT2D eigenvalue weighted by Gasteiger charge is 2.28. The first kappa shape index (κ1) is 14.7. The predicted octanol–water partition coefficient (Wildman–Crippen LogP) is 0.0494. The van der Waals surface area contributed by atoms with Crippen molar-refractivity contribution in [3.63, 3.8) is 0 Å². The molecule has 0 bridgehead atoms. The maximum atomic E-state index is 12.1. The molecule has 0 saturated carbocycles. The van der Waals surface area contributed by atoms with Gasteiger partial charge in [0.25, 0.3) is 0 Å². The van der Waals surface area contributed by atoms with Crippen molar-refractivity contribution in [2.45, 2.75) is 31.8 Å². The smallest absolute Gasteiger partial charge is 0.237 e. The van der Waals surface area contributed by atoms with Gasteiger partial charge in [-0.2, -0.15) is 4.31 Å². The molecule has 0 aromatic heterocycles. The second-order valence-electron chi connectivity index (χ2n) is 5.28. The first-order valence-electron chi connectivity index (χ1n) is 6.81. The molecule has 2 aliphatic rings. The van der Waals surface area contributed by atoms with Gasteiger partial charge in [0.2, 0.25) is 15.9 Å². The number of carbonyl (C=O) groups excluding carboxylic acids is 1. The van der Waals surface area contributed by atoms with Crippen LogP contribution in [0.15, 0.2) is 0 Å². The van der Waals surface area contributed by atoms with E-state index >= 15 is 0 Å². The summed E-state index contributed by atoms with van der Waals surface area (Å²) in [6.45, 7) is 2.41. The molecule has 0 radical (unpaired) electrons. The van der Waals surface area contributed by atoms with Gasteiger partial charge in [-0.15, -0.1) is 0 Å². The number of hydrogen-bond acceptors (Lipinski definition) is 4. The molecule has 2 fully saturated rings. The van der Waals surface area contributed by atoms with Crippen LogP contribution in [0.25, 0.3) is 0 Å². The molecular weight excluding hydrogens is 268 g/mol. The second kappa shape index (κ2) is 6.19. The monoisotopic (exact) mass is 290 g/mol. The molecule has 1 amide bonds. The van der Waals surface area contributed by atoms with Gasteiger partial charge < -0.3 is 9.64 Å². The summed E-state index contributed by atoms with van der Waals surface area (Å²) in [7, 11) is -3.37. The van der Waals surface area contributed by atoms with Gasteiger partial charge in [-0.3, -0.25) is 4.79 Å². The molecule has 0 spiro atoms. The van der Waals surface area contributed by atoms with Gasteiger partial charge in [-0.05, 0) is 25.7 Å². The topological polar surface area (TPSA) is 66.9 Å². The van der Waals surface area contributed by atoms with Crippen molar-refractivity contribution in [2.75, 3.05) is 39.0 Å². The average molecular weight is 290 g/mol. The minimum Gasteiger partial charge on any atom is -0.377 e. The van der Waals surface area contributed by atoms with Gasteiger partial charge >= 0.3 is 0 Å². The van der Waals surface area contributed by atoms with Crippen molar-refractivity contribution in [3.05, 3.63) is 0 Å². The third kappa shape index (κ3) is 4.15. The quantitative estimate of drug-likeness (QED) is 0.717. The Balaban J connectivity index is 1.95. The van der Waals surface area contributed by atoms with Gasteiger partial charge in [-0.25, -0.2) is 8.42 Å². The lowest BCUT2D eigenvalue weighted by Gasteiger charge is -2.25. The first-order chi connectivity index (χ1) is 8.97. The van der Waals surface area contributed by atoms with Crippen molar-refractivity contribution in [2.24, 2.45) is 0 Å². The lowest BCUT2D eigenvalue weighted by Crippen LogP contribution is -2.44. The fraction of sp³-hybridized carbons (Fsp3) is 0.917. The molecule has 1 atom stereocenters. The first-order valence-corrected chi connectivity index (χ1v) is 8.66. The van der Waals surface area contributed by atoms with E-state index in [2.05, 4.69) is 0 Å². The molecule has 1 unspecified atom stereocenters. The lowest BCUT2D eigenvalue weighted by molar-refractivity contribution is -0.130. The Morgan fingerprint density at radius 2 is 2.00 bits per heavy atom. The number of hydrogen-bond donors (Lipinski definition) is 0. The number of amides is 1. The molecule has 0 aliphatic carbocycles. The summed E-state index contributed by atoms with van der Waals surface area (Å²) in [5.41, 5.74) is 0. The second-order valence-corrected chi connectivity index (χ2v) is 7.26. The van der Waals surface area contributed by atoms with E-state index in [0.29, 0.717) is 13.2 Å². The van der Waals surface area contributed by atoms with E-state index in [1.165, 1.54) is 4.31 Å². The Labute approximate surface area is 114 Å². The van der Waals surface area contributed by atoms with Crippen molar-refractivity contribution < 1.29 is 17.9 Å². The molecule has 0 N–H and O–H groups in total. The van der Waals surface area contributed by atoms with E-state index in [0.717, 1.165) is 45.0 Å². The number of sulfonamides is 1. The average Bonchev–Trinajstić information content (AvgIpc) is 2.99. The van der Waals surface area contributed by atoms with E-state index in [4.69, 9.17) is 4.74 Å². The van der Waals surface area contributed by atoms with Crippen LogP contribution in [0, 0.1) is 0 Å². The Hall–Kier alpha value is -0.660. The van der Waals surface area contributed by atoms with Crippen LogP contribution in [0.4, 0.5) is 0 Å². The molecule has 110 valence electrons. The van der Waals surface area contributed by atoms with Crippen molar-refractivity contribution in [1.82, 2.24) is 9.21 Å². The van der Waals surface area contributed by atoms with Crippen LogP contribution in [0.2, 0.25) is 0 Å². The molecule has 19 heavy (non-hydrogen) atoms. The van der Waals surface area contributed by atoms with Crippen LogP contribution in [-0.4, -0.2) is 68.7 Å². The number of likely N-dealkylation sites (tertiary alicyclic amines) is 1. The molecule has 2 saturated heterocycles. The summed E-state index contributed by atoms with van der Waals surface area (Å²) >= 11 is 0. The molecule has 2 rings (SSSR count). The van der Waals surface area contributed by atoms with Gasteiger partial charge in [0.05, 0.1) is 18.9 Å². The molecule has 2 heterocycles. The van der Waals surface area contributed by atoms with Crippen LogP contribution in [-0.2, 0) is 19.6 Å². The van der Waals surface area contributed by atoms with Crippen molar-refractivity contribution in [1.29, 1.82) is 0 Å². The third-order valence-electron chi connectivity index (χ3n) is 3.67. The largest absolute Gasteiger partial charge is 0.377 e. The van der Waals surface area contributed by atoms with Gasteiger partial charge in [0, 0.05) is 26.2 Å². The molecule has 0 aromatic rings. The summed E-state index contributed by atoms with van der Waals surface area (Å²) < 4.78 is 30.2. The SMILES string of the molecule is CS(=O)(=O)N(CC(=O)N1CCCC1)CC1CCCO1. The Morgan fingerprint density at radius 3 is 2.53 bits per heavy atom. The molecule has 2 aliphatic heterocycles. The standard InChI is InChI=1S/C12H22N2O4S/c1-19(16,17)14(9-11-5-4-8-18-11)10-12(15)13-6-2-3-7-13/h11H,2-10H2,1H3. The predicted molar refractivity (Wildman–Crippen MR) is 71.2 cm³/mol. The van der Waals surface area contributed by atoms with Gasteiger partial charge in [-0.1, -0.05) is 0 Å². The van der Waals surface area contributed by atoms with Crippen LogP contribution >= 0.6 is 0 Å². The zero-order chi connectivity index (χ0) is 13.9. The fourth-order valence-corrected chi connectivity index (χ4v) is 3.33. The summed E-state index contributed by atoms with van der Waals surface area (Å²) in [5, 5.41) is 0. The van der Waals surface area contributed by atoms with Crippen molar-refractivity contribution in [3.8, 4) is 0 Å². The van der Waals surface area contributed by atoms with E-state index in [9.17, 15) is 13.2 Å². The van der Waals surface area contributed by atoms with E-state index in [1.54, 1.807) is 4.90 Å². The Kier molecular flexibility index (Phi) is 4.81. The number of ether oxygens (including phenoxy) is 1. The van der Waals surface area contributed by atoms with E-state index < -0.39 is 10.0 Å². The molecule has 0 aromatic carbocycles. The summed E-state index contributed by atoms with van der Waals surface area (Å²) in [4.78, 5) is 13.8. The normalized spacial score (nSPS) is 24.3. The Morgan fingerprint density at radius 1 is 1.32 bits per heavy atom. The van der Waals surface area contributed by atoms with Crippen LogP contribution in [0.5, 0.6) is 0 Å². The maximum Gasteiger partial charge on any atom is 0.237 e. The number of rotatable bonds is 5. The van der Waals surface area contributed by atoms with E-state index in [1.807, 2.05) is 0 Å². The minimum atomic E-state index is -3.37. The highest BCUT2D eigenvalue weighted by Crippen LogP contribution is 2.15. The fourth-order valence-electron chi connectivity index (χ4n) is 2.55. The lowest BCUT2D eigenvalue weighted by atomic mass is 10.2. The highest BCUT2D eigenvalue weighted by atomic mass is 32.2. The Bertz CT molecular complexity index is 411. The zero-order valence-electron chi connectivity index (χ0n) is 11.4. The summed E-state index contributed by atoms with van der Waals surface area (Å²) in [5.74, 6) is -0.0964. The van der Waals surface area contributed by atoms with Gasteiger partial charge in [0.15, 0.2) is 0 Å². The summed E-state index contributed by atoms with van der Waals surface area (Å²) in [6, 6.07) is 0. The zero-order valence-corrected chi connectivity index (χ0v) is 12.2. The molecule has 7 heteroatoms. The molecule has 6 nitrogen and oxygen atoms in total. The number of carbonyl (C=O) groups is 1. The van der Waals surface area contributed by atoms with Crippen molar-refractivity contribution >= 4 is 15.9 Å². The maximum absolute atomic E-state index is 12.1. The third-order valence-corrected chi connectivity index (χ3v) is 4.89. The highest BCUT2D eigenvalue weighted by molar-refractivity contribution is 7.88. The van der Waals surface area contributed by atoms with Crippen LogP contribution < -0.4 is 0 Å². The number of nitrogens with zero attached hydrogens (tertiary/aromatic N) is 2. The minimum absolute atomic E-state index is 0.0569.